The van der Waals surface area contributed by atoms with Crippen LogP contribution in [-0.4, -0.2) is 51.2 Å². The molecule has 0 amide bonds. The highest BCUT2D eigenvalue weighted by molar-refractivity contribution is 5.98. The van der Waals surface area contributed by atoms with Gasteiger partial charge in [-0.1, -0.05) is 23.4 Å². The summed E-state index contributed by atoms with van der Waals surface area (Å²) in [6.45, 7) is 2.08. The van der Waals surface area contributed by atoms with E-state index in [0.29, 0.717) is 6.61 Å². The summed E-state index contributed by atoms with van der Waals surface area (Å²) in [5.74, 6) is 0.848. The molecule has 0 saturated carbocycles. The van der Waals surface area contributed by atoms with Crippen LogP contribution < -0.4 is 10.6 Å². The number of hydrogen-bond donors (Lipinski definition) is 1. The highest BCUT2D eigenvalue weighted by Gasteiger charge is 2.42. The molecule has 25 heavy (non-hydrogen) atoms. The highest BCUT2D eigenvalue weighted by atomic mass is 16.5. The SMILES string of the molecule is NC1C=CN=C(N2C[C@@H]3[C@@H](C2)OCc2cnnn23)N1c1ccccc1. The van der Waals surface area contributed by atoms with Gasteiger partial charge < -0.3 is 15.4 Å². The first kappa shape index (κ1) is 14.6. The number of nitrogens with zero attached hydrogens (tertiary/aromatic N) is 6. The third kappa shape index (κ3) is 2.33. The van der Waals surface area contributed by atoms with Crippen LogP contribution in [0.4, 0.5) is 5.69 Å². The van der Waals surface area contributed by atoms with Crippen molar-refractivity contribution >= 4 is 11.6 Å². The van der Waals surface area contributed by atoms with Gasteiger partial charge in [-0.15, -0.1) is 5.10 Å². The van der Waals surface area contributed by atoms with Crippen molar-refractivity contribution in [2.45, 2.75) is 24.9 Å². The molecule has 2 N–H and O–H groups in total. The molecule has 1 aromatic heterocycles. The quantitative estimate of drug-likeness (QED) is 0.825. The zero-order valence-electron chi connectivity index (χ0n) is 13.6. The Bertz CT molecular complexity index is 831. The van der Waals surface area contributed by atoms with Gasteiger partial charge in [0.1, 0.15) is 6.17 Å². The van der Waals surface area contributed by atoms with E-state index >= 15 is 0 Å². The molecule has 4 heterocycles. The van der Waals surface area contributed by atoms with Gasteiger partial charge in [0.05, 0.1) is 30.6 Å². The summed E-state index contributed by atoms with van der Waals surface area (Å²) in [4.78, 5) is 8.91. The van der Waals surface area contributed by atoms with Crippen molar-refractivity contribution in [3.63, 3.8) is 0 Å². The Hall–Kier alpha value is -2.71. The van der Waals surface area contributed by atoms with Gasteiger partial charge in [-0.25, -0.2) is 9.67 Å². The van der Waals surface area contributed by atoms with Crippen molar-refractivity contribution < 1.29 is 4.74 Å². The fourth-order valence-corrected chi connectivity index (χ4v) is 3.75. The molecule has 0 spiro atoms. The number of rotatable bonds is 1. The fraction of sp³-hybridized carbons (Fsp3) is 0.353. The standard InChI is InChI=1S/C17H19N7O/c18-16-6-7-19-17(23(16)12-4-2-1-3-5-12)22-9-14-15(10-22)25-11-13-8-20-21-24(13)14/h1-8,14-16H,9-11,18H2/t14-,15-,16?/m1/s1. The van der Waals surface area contributed by atoms with E-state index in [9.17, 15) is 0 Å². The number of aliphatic imine (C=N–C) groups is 1. The van der Waals surface area contributed by atoms with Crippen molar-refractivity contribution in [1.82, 2.24) is 19.9 Å². The lowest BCUT2D eigenvalue weighted by Gasteiger charge is -2.36. The molecule has 2 aromatic rings. The first-order valence-electron chi connectivity index (χ1n) is 8.41. The maximum absolute atomic E-state index is 6.35. The molecule has 8 heteroatoms. The van der Waals surface area contributed by atoms with Gasteiger partial charge >= 0.3 is 0 Å². The van der Waals surface area contributed by atoms with E-state index in [2.05, 4.69) is 25.1 Å². The lowest BCUT2D eigenvalue weighted by Crippen LogP contribution is -2.53. The third-order valence-electron chi connectivity index (χ3n) is 4.95. The van der Waals surface area contributed by atoms with E-state index < -0.39 is 0 Å². The van der Waals surface area contributed by atoms with Gasteiger partial charge in [-0.05, 0) is 18.2 Å². The topological polar surface area (TPSA) is 84.8 Å². The minimum Gasteiger partial charge on any atom is -0.368 e. The Morgan fingerprint density at radius 3 is 2.92 bits per heavy atom. The van der Waals surface area contributed by atoms with E-state index in [0.717, 1.165) is 30.4 Å². The smallest absolute Gasteiger partial charge is 0.207 e. The lowest BCUT2D eigenvalue weighted by molar-refractivity contribution is -0.00408. The monoisotopic (exact) mass is 337 g/mol. The van der Waals surface area contributed by atoms with Crippen molar-refractivity contribution in [3.05, 3.63) is 54.5 Å². The second-order valence-electron chi connectivity index (χ2n) is 6.46. The number of para-hydroxylation sites is 1. The summed E-state index contributed by atoms with van der Waals surface area (Å²) in [6, 6.07) is 10.2. The molecule has 8 nitrogen and oxygen atoms in total. The summed E-state index contributed by atoms with van der Waals surface area (Å²) >= 11 is 0. The highest BCUT2D eigenvalue weighted by Crippen LogP contribution is 2.32. The Balaban J connectivity index is 1.46. The Morgan fingerprint density at radius 2 is 2.04 bits per heavy atom. The summed E-state index contributed by atoms with van der Waals surface area (Å²) < 4.78 is 8.00. The molecule has 5 rings (SSSR count). The Labute approximate surface area is 145 Å². The molecule has 0 bridgehead atoms. The normalized spacial score (nSPS) is 27.9. The number of benzene rings is 1. The van der Waals surface area contributed by atoms with Gasteiger partial charge in [0.15, 0.2) is 0 Å². The van der Waals surface area contributed by atoms with Crippen LogP contribution in [0.1, 0.15) is 11.7 Å². The number of ether oxygens (including phenoxy) is 1. The lowest BCUT2D eigenvalue weighted by atomic mass is 10.2. The van der Waals surface area contributed by atoms with Crippen LogP contribution in [0.2, 0.25) is 0 Å². The Morgan fingerprint density at radius 1 is 1.16 bits per heavy atom. The second kappa shape index (κ2) is 5.68. The fourth-order valence-electron chi connectivity index (χ4n) is 3.75. The van der Waals surface area contributed by atoms with Crippen LogP contribution >= 0.6 is 0 Å². The van der Waals surface area contributed by atoms with E-state index in [-0.39, 0.29) is 18.3 Å². The summed E-state index contributed by atoms with van der Waals surface area (Å²) in [5.41, 5.74) is 8.39. The van der Waals surface area contributed by atoms with Gasteiger partial charge in [0, 0.05) is 25.0 Å². The zero-order valence-corrected chi connectivity index (χ0v) is 13.6. The number of hydrogen-bond acceptors (Lipinski definition) is 7. The number of nitrogens with two attached hydrogens (primary N) is 1. The number of fused-ring (bicyclic) bond motifs is 3. The number of guanidine groups is 1. The second-order valence-corrected chi connectivity index (χ2v) is 6.46. The van der Waals surface area contributed by atoms with Gasteiger partial charge in [-0.2, -0.15) is 0 Å². The van der Waals surface area contributed by atoms with Crippen LogP contribution in [0.25, 0.3) is 0 Å². The van der Waals surface area contributed by atoms with Crippen LogP contribution in [0.5, 0.6) is 0 Å². The summed E-state index contributed by atoms with van der Waals surface area (Å²) in [6.07, 6.45) is 5.28. The molecule has 3 atom stereocenters. The minimum atomic E-state index is -0.250. The van der Waals surface area contributed by atoms with E-state index in [1.807, 2.05) is 41.1 Å². The molecule has 1 unspecified atom stereocenters. The molecule has 1 saturated heterocycles. The maximum atomic E-state index is 6.35. The molecule has 128 valence electrons. The van der Waals surface area contributed by atoms with E-state index in [1.165, 1.54) is 0 Å². The molecule has 0 aliphatic carbocycles. The van der Waals surface area contributed by atoms with Crippen LogP contribution in [0.3, 0.4) is 0 Å². The van der Waals surface area contributed by atoms with Gasteiger partial charge in [0.2, 0.25) is 5.96 Å². The minimum absolute atomic E-state index is 0.0802. The zero-order chi connectivity index (χ0) is 16.8. The number of aromatic nitrogens is 3. The first-order chi connectivity index (χ1) is 12.3. The average molecular weight is 337 g/mol. The molecular formula is C17H19N7O. The van der Waals surface area contributed by atoms with E-state index in [1.54, 1.807) is 12.4 Å². The van der Waals surface area contributed by atoms with Crippen molar-refractivity contribution in [3.8, 4) is 0 Å². The van der Waals surface area contributed by atoms with Crippen LogP contribution in [0.15, 0.2) is 53.8 Å². The summed E-state index contributed by atoms with van der Waals surface area (Å²) in [7, 11) is 0. The number of likely N-dealkylation sites (tertiary alicyclic amines) is 1. The summed E-state index contributed by atoms with van der Waals surface area (Å²) in [5, 5.41) is 8.26. The molecule has 3 aliphatic heterocycles. The molecular weight excluding hydrogens is 318 g/mol. The van der Waals surface area contributed by atoms with E-state index in [4.69, 9.17) is 10.5 Å². The Kier molecular flexibility index (Phi) is 3.32. The average Bonchev–Trinajstić information content (AvgIpc) is 3.28. The van der Waals surface area contributed by atoms with Crippen LogP contribution in [-0.2, 0) is 11.3 Å². The maximum Gasteiger partial charge on any atom is 0.207 e. The molecule has 1 aromatic carbocycles. The third-order valence-corrected chi connectivity index (χ3v) is 4.95. The van der Waals surface area contributed by atoms with Crippen molar-refractivity contribution in [2.75, 3.05) is 18.0 Å². The number of anilines is 1. The molecule has 1 fully saturated rings. The van der Waals surface area contributed by atoms with Crippen LogP contribution in [0, 0.1) is 0 Å². The van der Waals surface area contributed by atoms with Crippen molar-refractivity contribution in [1.29, 1.82) is 0 Å². The predicted octanol–water partition coefficient (Wildman–Crippen LogP) is 0.708. The first-order valence-corrected chi connectivity index (χ1v) is 8.41. The largest absolute Gasteiger partial charge is 0.368 e. The molecule has 3 aliphatic rings. The molecule has 0 radical (unpaired) electrons. The van der Waals surface area contributed by atoms with Gasteiger partial charge in [0.25, 0.3) is 0 Å². The van der Waals surface area contributed by atoms with Gasteiger partial charge in [-0.3, -0.25) is 4.90 Å². The van der Waals surface area contributed by atoms with Crippen molar-refractivity contribution in [2.24, 2.45) is 10.7 Å². The predicted molar refractivity (Wildman–Crippen MR) is 92.7 cm³/mol.